The predicted molar refractivity (Wildman–Crippen MR) is 103 cm³/mol. The van der Waals surface area contributed by atoms with Gasteiger partial charge in [-0.15, -0.1) is 0 Å². The Morgan fingerprint density at radius 3 is 2.32 bits per heavy atom. The van der Waals surface area contributed by atoms with Crippen LogP contribution in [-0.2, 0) is 14.3 Å². The second-order valence-corrected chi connectivity index (χ2v) is 5.72. The number of benzene rings is 2. The van der Waals surface area contributed by atoms with Crippen LogP contribution in [0.15, 0.2) is 54.2 Å². The standard InChI is InChI=1S/C21H21NO6/c1-14(23)22-18(11-15-7-5-4-6-8-15)21(25)28-13-19(24)17-10-9-16(26-2)12-20(17)27-3/h4-12H,13H2,1-3H3,(H,22,23). The fourth-order valence-corrected chi connectivity index (χ4v) is 2.37. The lowest BCUT2D eigenvalue weighted by Crippen LogP contribution is -2.27. The lowest BCUT2D eigenvalue weighted by molar-refractivity contribution is -0.139. The SMILES string of the molecule is COc1ccc(C(=O)COC(=O)C(=Cc2ccccc2)NC(C)=O)c(OC)c1. The van der Waals surface area contributed by atoms with Crippen LogP contribution in [-0.4, -0.2) is 38.5 Å². The number of hydrogen-bond donors (Lipinski definition) is 1. The Morgan fingerprint density at radius 2 is 1.71 bits per heavy atom. The normalized spacial score (nSPS) is 10.8. The minimum absolute atomic E-state index is 0.0619. The van der Waals surface area contributed by atoms with Crippen molar-refractivity contribution in [2.45, 2.75) is 6.92 Å². The number of hydrogen-bond acceptors (Lipinski definition) is 6. The number of nitrogens with one attached hydrogen (secondary N) is 1. The summed E-state index contributed by atoms with van der Waals surface area (Å²) in [7, 11) is 2.93. The Balaban J connectivity index is 2.13. The van der Waals surface area contributed by atoms with Crippen LogP contribution in [0.4, 0.5) is 0 Å². The molecular weight excluding hydrogens is 362 g/mol. The van der Waals surface area contributed by atoms with Crippen molar-refractivity contribution < 1.29 is 28.6 Å². The molecule has 1 amide bonds. The highest BCUT2D eigenvalue weighted by atomic mass is 16.5. The number of carbonyl (C=O) groups is 3. The summed E-state index contributed by atoms with van der Waals surface area (Å²) < 4.78 is 15.4. The molecule has 0 bridgehead atoms. The van der Waals surface area contributed by atoms with Crippen molar-refractivity contribution >= 4 is 23.7 Å². The van der Waals surface area contributed by atoms with E-state index in [9.17, 15) is 14.4 Å². The van der Waals surface area contributed by atoms with Crippen molar-refractivity contribution in [2.75, 3.05) is 20.8 Å². The van der Waals surface area contributed by atoms with E-state index in [1.54, 1.807) is 36.4 Å². The van der Waals surface area contributed by atoms with Crippen molar-refractivity contribution in [1.29, 1.82) is 0 Å². The molecule has 0 aliphatic heterocycles. The first-order valence-electron chi connectivity index (χ1n) is 8.41. The number of ether oxygens (including phenoxy) is 3. The highest BCUT2D eigenvalue weighted by Crippen LogP contribution is 2.25. The van der Waals surface area contributed by atoms with Crippen LogP contribution in [0.5, 0.6) is 11.5 Å². The molecule has 2 aromatic carbocycles. The molecule has 0 saturated carbocycles. The second-order valence-electron chi connectivity index (χ2n) is 5.72. The fourth-order valence-electron chi connectivity index (χ4n) is 2.37. The molecule has 0 aliphatic carbocycles. The number of ketones is 1. The summed E-state index contributed by atoms with van der Waals surface area (Å²) in [4.78, 5) is 36.2. The number of methoxy groups -OCH3 is 2. The van der Waals surface area contributed by atoms with Crippen molar-refractivity contribution in [3.05, 3.63) is 65.4 Å². The summed E-state index contributed by atoms with van der Waals surface area (Å²) in [5.41, 5.74) is 0.892. The molecule has 7 heteroatoms. The monoisotopic (exact) mass is 383 g/mol. The third kappa shape index (κ3) is 5.70. The van der Waals surface area contributed by atoms with Gasteiger partial charge in [0.15, 0.2) is 6.61 Å². The molecule has 0 aliphatic rings. The first kappa shape index (κ1) is 20.7. The smallest absolute Gasteiger partial charge is 0.355 e. The molecule has 0 fully saturated rings. The van der Waals surface area contributed by atoms with E-state index in [1.165, 1.54) is 33.3 Å². The molecule has 0 heterocycles. The Bertz CT molecular complexity index is 889. The summed E-state index contributed by atoms with van der Waals surface area (Å²) in [6.45, 7) is 0.771. The maximum Gasteiger partial charge on any atom is 0.355 e. The van der Waals surface area contributed by atoms with E-state index >= 15 is 0 Å². The summed E-state index contributed by atoms with van der Waals surface area (Å²) in [6, 6.07) is 13.6. The van der Waals surface area contributed by atoms with Crippen LogP contribution in [0, 0.1) is 0 Å². The predicted octanol–water partition coefficient (Wildman–Crippen LogP) is 2.61. The fraction of sp³-hybridized carbons (Fsp3) is 0.190. The maximum atomic E-state index is 12.4. The topological polar surface area (TPSA) is 90.9 Å². The first-order valence-corrected chi connectivity index (χ1v) is 8.41. The highest BCUT2D eigenvalue weighted by Gasteiger charge is 2.18. The van der Waals surface area contributed by atoms with E-state index in [2.05, 4.69) is 5.32 Å². The largest absolute Gasteiger partial charge is 0.497 e. The van der Waals surface area contributed by atoms with Crippen LogP contribution in [0.3, 0.4) is 0 Å². The van der Waals surface area contributed by atoms with Gasteiger partial charge in [-0.2, -0.15) is 0 Å². The van der Waals surface area contributed by atoms with Gasteiger partial charge < -0.3 is 19.5 Å². The van der Waals surface area contributed by atoms with Gasteiger partial charge in [0.05, 0.1) is 19.8 Å². The van der Waals surface area contributed by atoms with Crippen molar-refractivity contribution in [3.63, 3.8) is 0 Å². The van der Waals surface area contributed by atoms with Gasteiger partial charge in [0.1, 0.15) is 17.2 Å². The third-order valence-electron chi connectivity index (χ3n) is 3.68. The van der Waals surface area contributed by atoms with Gasteiger partial charge in [-0.3, -0.25) is 9.59 Å². The van der Waals surface area contributed by atoms with Gasteiger partial charge in [-0.05, 0) is 23.8 Å². The number of Topliss-reactive ketones (excluding diaryl/α,β-unsaturated/α-hetero) is 1. The summed E-state index contributed by atoms with van der Waals surface area (Å²) in [5, 5.41) is 2.42. The Morgan fingerprint density at radius 1 is 1.00 bits per heavy atom. The number of amides is 1. The molecular formula is C21H21NO6. The Kier molecular flexibility index (Phi) is 7.33. The molecule has 2 aromatic rings. The molecule has 0 unspecified atom stereocenters. The lowest BCUT2D eigenvalue weighted by atomic mass is 10.1. The van der Waals surface area contributed by atoms with Crippen molar-refractivity contribution in [1.82, 2.24) is 5.32 Å². The minimum Gasteiger partial charge on any atom is -0.497 e. The molecule has 2 rings (SSSR count). The molecule has 0 saturated heterocycles. The summed E-state index contributed by atoms with van der Waals surface area (Å²) in [6.07, 6.45) is 1.47. The van der Waals surface area contributed by atoms with Gasteiger partial charge in [-0.1, -0.05) is 30.3 Å². The molecule has 28 heavy (non-hydrogen) atoms. The first-order chi connectivity index (χ1) is 13.4. The summed E-state index contributed by atoms with van der Waals surface area (Å²) in [5.74, 6) is -0.858. The molecule has 0 radical (unpaired) electrons. The van der Waals surface area contributed by atoms with E-state index in [-0.39, 0.29) is 11.3 Å². The van der Waals surface area contributed by atoms with Crippen LogP contribution >= 0.6 is 0 Å². The van der Waals surface area contributed by atoms with Gasteiger partial charge in [-0.25, -0.2) is 4.79 Å². The lowest BCUT2D eigenvalue weighted by Gasteiger charge is -2.11. The zero-order chi connectivity index (χ0) is 20.5. The quantitative estimate of drug-likeness (QED) is 0.428. The van der Waals surface area contributed by atoms with Gasteiger partial charge in [0, 0.05) is 13.0 Å². The van der Waals surface area contributed by atoms with Gasteiger partial charge >= 0.3 is 5.97 Å². The zero-order valence-corrected chi connectivity index (χ0v) is 15.9. The minimum atomic E-state index is -0.820. The van der Waals surface area contributed by atoms with Crippen LogP contribution < -0.4 is 14.8 Å². The average molecular weight is 383 g/mol. The third-order valence-corrected chi connectivity index (χ3v) is 3.68. The average Bonchev–Trinajstić information content (AvgIpc) is 2.71. The van der Waals surface area contributed by atoms with E-state index in [1.807, 2.05) is 6.07 Å². The summed E-state index contributed by atoms with van der Waals surface area (Å²) >= 11 is 0. The Labute approximate surface area is 162 Å². The molecule has 7 nitrogen and oxygen atoms in total. The van der Waals surface area contributed by atoms with E-state index in [0.717, 1.165) is 0 Å². The highest BCUT2D eigenvalue weighted by molar-refractivity contribution is 6.03. The van der Waals surface area contributed by atoms with Crippen molar-refractivity contribution in [2.24, 2.45) is 0 Å². The molecule has 0 aromatic heterocycles. The van der Waals surface area contributed by atoms with Gasteiger partial charge in [0.25, 0.3) is 0 Å². The second kappa shape index (κ2) is 9.91. The van der Waals surface area contributed by atoms with E-state index in [0.29, 0.717) is 17.1 Å². The number of carbonyl (C=O) groups excluding carboxylic acids is 3. The molecule has 0 atom stereocenters. The van der Waals surface area contributed by atoms with Crippen LogP contribution in [0.25, 0.3) is 6.08 Å². The molecule has 0 spiro atoms. The molecule has 1 N–H and O–H groups in total. The maximum absolute atomic E-state index is 12.4. The Hall–Kier alpha value is -3.61. The number of rotatable bonds is 8. The number of esters is 1. The molecule has 146 valence electrons. The van der Waals surface area contributed by atoms with Gasteiger partial charge in [0.2, 0.25) is 11.7 Å². The van der Waals surface area contributed by atoms with Crippen LogP contribution in [0.1, 0.15) is 22.8 Å². The zero-order valence-electron chi connectivity index (χ0n) is 15.9. The van der Waals surface area contributed by atoms with Crippen LogP contribution in [0.2, 0.25) is 0 Å². The van der Waals surface area contributed by atoms with E-state index in [4.69, 9.17) is 14.2 Å². The van der Waals surface area contributed by atoms with Crippen molar-refractivity contribution in [3.8, 4) is 11.5 Å². The van der Waals surface area contributed by atoms with E-state index < -0.39 is 24.3 Å².